The number of halogens is 8. The molecule has 8 rings (SSSR count). The molecule has 2 aromatic heterocycles. The Morgan fingerprint density at radius 3 is 2.59 bits per heavy atom. The highest BCUT2D eigenvalue weighted by molar-refractivity contribution is 6.34. The fourth-order valence-corrected chi connectivity index (χ4v) is 8.37. The SMILES string of the molecule is COc1nc2c(c(N3CCCn4nc(C(=O)N5CCC(C(F)F)C5)c(Cl)c4C3)n1)COC(c1c(C(F)(F)F)ccc(N)c1F)C2.FC1CC2CCCN2C1. The third-order valence-corrected chi connectivity index (χ3v) is 11.2. The van der Waals surface area contributed by atoms with Gasteiger partial charge in [-0.3, -0.25) is 14.4 Å². The number of benzene rings is 1. The third kappa shape index (κ3) is 7.52. The number of aryl methyl sites for hydroxylation is 1. The first-order valence-electron chi connectivity index (χ1n) is 17.9. The summed E-state index contributed by atoms with van der Waals surface area (Å²) in [5, 5.41) is 4.51. The van der Waals surface area contributed by atoms with E-state index in [1.54, 1.807) is 4.68 Å². The molecular formula is C35H40ClF7N8O3. The lowest BCUT2D eigenvalue weighted by Gasteiger charge is -2.31. The molecule has 3 fully saturated rings. The van der Waals surface area contributed by atoms with Crippen LogP contribution in [-0.2, 0) is 37.0 Å². The molecule has 3 aromatic rings. The van der Waals surface area contributed by atoms with Crippen molar-refractivity contribution in [2.45, 2.75) is 89.1 Å². The van der Waals surface area contributed by atoms with Gasteiger partial charge in [0.2, 0.25) is 6.43 Å². The number of hydrogen-bond acceptors (Lipinski definition) is 9. The number of anilines is 2. The number of ether oxygens (including phenoxy) is 2. The van der Waals surface area contributed by atoms with Crippen molar-refractivity contribution in [3.63, 3.8) is 0 Å². The Bertz CT molecular complexity index is 1870. The average Bonchev–Trinajstić information content (AvgIpc) is 3.90. The number of likely N-dealkylation sites (tertiary alicyclic amines) is 1. The van der Waals surface area contributed by atoms with Crippen molar-refractivity contribution in [3.05, 3.63) is 56.7 Å². The Labute approximate surface area is 311 Å². The quantitative estimate of drug-likeness (QED) is 0.238. The lowest BCUT2D eigenvalue weighted by Crippen LogP contribution is -2.30. The first kappa shape index (κ1) is 38.4. The van der Waals surface area contributed by atoms with Crippen molar-refractivity contribution in [1.82, 2.24) is 29.5 Å². The van der Waals surface area contributed by atoms with Crippen molar-refractivity contribution >= 4 is 29.0 Å². The van der Waals surface area contributed by atoms with Crippen LogP contribution in [0.25, 0.3) is 0 Å². The van der Waals surface area contributed by atoms with Crippen molar-refractivity contribution in [1.29, 1.82) is 0 Å². The number of rotatable bonds is 5. The molecule has 2 N–H and O–H groups in total. The Kier molecular flexibility index (Phi) is 10.9. The van der Waals surface area contributed by atoms with E-state index in [2.05, 4.69) is 20.0 Å². The molecule has 0 bridgehead atoms. The minimum atomic E-state index is -4.85. The maximum Gasteiger partial charge on any atom is 0.416 e. The molecule has 4 atom stereocenters. The van der Waals surface area contributed by atoms with E-state index in [0.29, 0.717) is 54.9 Å². The van der Waals surface area contributed by atoms with Crippen LogP contribution in [0, 0.1) is 11.7 Å². The van der Waals surface area contributed by atoms with Crippen molar-refractivity contribution in [2.75, 3.05) is 50.5 Å². The van der Waals surface area contributed by atoms with Gasteiger partial charge in [0.05, 0.1) is 54.0 Å². The molecule has 4 unspecified atom stereocenters. The van der Waals surface area contributed by atoms with E-state index in [1.807, 2.05) is 4.90 Å². The second kappa shape index (κ2) is 15.3. The number of hydrogen-bond donors (Lipinski definition) is 1. The van der Waals surface area contributed by atoms with Crippen LogP contribution in [-0.4, -0.2) is 93.9 Å². The Morgan fingerprint density at radius 2 is 1.89 bits per heavy atom. The summed E-state index contributed by atoms with van der Waals surface area (Å²) in [4.78, 5) is 27.5. The maximum absolute atomic E-state index is 15.1. The number of fused-ring (bicyclic) bond motifs is 3. The molecule has 19 heteroatoms. The first-order valence-corrected chi connectivity index (χ1v) is 18.3. The summed E-state index contributed by atoms with van der Waals surface area (Å²) in [7, 11) is 1.34. The molecule has 3 saturated heterocycles. The molecule has 5 aliphatic rings. The molecule has 54 heavy (non-hydrogen) atoms. The second-order valence-electron chi connectivity index (χ2n) is 14.3. The third-order valence-electron chi connectivity index (χ3n) is 10.8. The number of methoxy groups -OCH3 is 1. The minimum absolute atomic E-state index is 0.0264. The normalized spacial score (nSPS) is 24.2. The highest BCUT2D eigenvalue weighted by atomic mass is 35.5. The van der Waals surface area contributed by atoms with Gasteiger partial charge in [-0.15, -0.1) is 0 Å². The van der Waals surface area contributed by atoms with Crippen molar-refractivity contribution in [3.8, 4) is 6.01 Å². The highest BCUT2D eigenvalue weighted by Crippen LogP contribution is 2.43. The number of amides is 1. The van der Waals surface area contributed by atoms with Gasteiger partial charge in [-0.05, 0) is 50.8 Å². The number of nitrogen functional groups attached to an aromatic ring is 1. The van der Waals surface area contributed by atoms with Crippen LogP contribution >= 0.6 is 11.6 Å². The van der Waals surface area contributed by atoms with E-state index in [9.17, 15) is 31.1 Å². The van der Waals surface area contributed by atoms with Crippen molar-refractivity contribution < 1.29 is 45.0 Å². The van der Waals surface area contributed by atoms with Gasteiger partial charge in [0, 0.05) is 62.2 Å². The average molecular weight is 789 g/mol. The smallest absolute Gasteiger partial charge is 0.416 e. The largest absolute Gasteiger partial charge is 0.467 e. The Balaban J connectivity index is 0.000000433. The van der Waals surface area contributed by atoms with Gasteiger partial charge in [0.25, 0.3) is 5.91 Å². The molecule has 0 saturated carbocycles. The number of nitrogens with two attached hydrogens (primary N) is 1. The topological polar surface area (TPSA) is 115 Å². The number of nitrogens with zero attached hydrogens (tertiary/aromatic N) is 7. The summed E-state index contributed by atoms with van der Waals surface area (Å²) in [6, 6.07) is 2.14. The summed E-state index contributed by atoms with van der Waals surface area (Å²) in [5.41, 5.74) is 4.54. The van der Waals surface area contributed by atoms with E-state index in [0.717, 1.165) is 25.1 Å². The predicted octanol–water partition coefficient (Wildman–Crippen LogP) is 6.22. The number of carbonyl (C=O) groups excluding carboxylic acids is 1. The van der Waals surface area contributed by atoms with Gasteiger partial charge in [-0.25, -0.2) is 17.6 Å². The van der Waals surface area contributed by atoms with E-state index >= 15 is 4.39 Å². The van der Waals surface area contributed by atoms with Crippen LogP contribution < -0.4 is 15.4 Å². The molecule has 5 aliphatic heterocycles. The van der Waals surface area contributed by atoms with E-state index in [-0.39, 0.29) is 55.8 Å². The summed E-state index contributed by atoms with van der Waals surface area (Å²) >= 11 is 6.68. The summed E-state index contributed by atoms with van der Waals surface area (Å²) in [5.74, 6) is -2.26. The zero-order valence-electron chi connectivity index (χ0n) is 29.4. The Hall–Kier alpha value is -3.90. The zero-order valence-corrected chi connectivity index (χ0v) is 30.2. The van der Waals surface area contributed by atoms with Crippen LogP contribution in [0.3, 0.4) is 0 Å². The van der Waals surface area contributed by atoms with Crippen molar-refractivity contribution in [2.24, 2.45) is 5.92 Å². The number of alkyl halides is 6. The van der Waals surface area contributed by atoms with Gasteiger partial charge >= 0.3 is 12.2 Å². The van der Waals surface area contributed by atoms with Crippen LogP contribution in [0.1, 0.15) is 76.8 Å². The van der Waals surface area contributed by atoms with Crippen LogP contribution in [0.4, 0.5) is 42.2 Å². The molecule has 1 aromatic carbocycles. The number of carbonyl (C=O) groups is 1. The molecule has 11 nitrogen and oxygen atoms in total. The summed E-state index contributed by atoms with van der Waals surface area (Å²) in [6.07, 6.45) is -5.39. The zero-order chi connectivity index (χ0) is 38.5. The highest BCUT2D eigenvalue weighted by Gasteiger charge is 2.41. The van der Waals surface area contributed by atoms with Gasteiger partial charge in [-0.1, -0.05) is 11.6 Å². The molecule has 1 amide bonds. The predicted molar refractivity (Wildman–Crippen MR) is 183 cm³/mol. The molecule has 7 heterocycles. The second-order valence-corrected chi connectivity index (χ2v) is 14.6. The fraction of sp³-hybridized carbons (Fsp3) is 0.600. The first-order chi connectivity index (χ1) is 25.7. The summed E-state index contributed by atoms with van der Waals surface area (Å²) in [6.45, 7) is 2.69. The van der Waals surface area contributed by atoms with Gasteiger partial charge in [0.1, 0.15) is 12.0 Å². The van der Waals surface area contributed by atoms with Gasteiger partial charge < -0.3 is 25.0 Å². The van der Waals surface area contributed by atoms with Gasteiger partial charge in [-0.2, -0.15) is 28.2 Å². The van der Waals surface area contributed by atoms with Crippen LogP contribution in [0.5, 0.6) is 6.01 Å². The maximum atomic E-state index is 15.1. The van der Waals surface area contributed by atoms with Gasteiger partial charge in [0.15, 0.2) is 11.5 Å². The van der Waals surface area contributed by atoms with E-state index in [1.165, 1.54) is 24.9 Å². The van der Waals surface area contributed by atoms with Crippen LogP contribution in [0.15, 0.2) is 12.1 Å². The lowest BCUT2D eigenvalue weighted by atomic mass is 9.94. The van der Waals surface area contributed by atoms with Crippen LogP contribution in [0.2, 0.25) is 5.02 Å². The molecule has 294 valence electrons. The molecular weight excluding hydrogens is 749 g/mol. The van der Waals surface area contributed by atoms with E-state index < -0.39 is 59.3 Å². The monoisotopic (exact) mass is 788 g/mol. The summed E-state index contributed by atoms with van der Waals surface area (Å²) < 4.78 is 108. The number of aromatic nitrogens is 4. The fourth-order valence-electron chi connectivity index (χ4n) is 8.09. The Morgan fingerprint density at radius 1 is 1.09 bits per heavy atom. The molecule has 0 spiro atoms. The molecule has 0 radical (unpaired) electrons. The van der Waals surface area contributed by atoms with E-state index in [4.69, 9.17) is 26.8 Å². The standard InChI is InChI=1S/C28H28ClF6N7O3.C7H12FN/c1-44-27-37-17-9-19(20-15(28(33,34)35)3-4-16(36)22(20)30)45-12-14(17)25(38-27)40-6-2-7-42-18(11-40)21(29)23(39-42)26(43)41-8-5-13(10-41)24(31)32;8-6-4-7-2-1-3-9(7)5-6/h3-4,13,19,24H,2,5-12,36H2,1H3;6-7H,1-5H2. The molecule has 0 aliphatic carbocycles. The minimum Gasteiger partial charge on any atom is -0.467 e. The lowest BCUT2D eigenvalue weighted by molar-refractivity contribution is -0.140.